The molecule has 0 bridgehead atoms. The molecule has 0 aromatic heterocycles. The van der Waals surface area contributed by atoms with Gasteiger partial charge in [0.1, 0.15) is 12.3 Å². The number of hydrazine groups is 1. The Hall–Kier alpha value is -2.57. The van der Waals surface area contributed by atoms with Crippen LogP contribution in [0.3, 0.4) is 0 Å². The van der Waals surface area contributed by atoms with Crippen LogP contribution in [0.25, 0.3) is 0 Å². The number of methoxy groups -OCH3 is 1. The monoisotopic (exact) mass is 319 g/mol. The molecule has 0 saturated carbocycles. The zero-order valence-corrected chi connectivity index (χ0v) is 13.1. The van der Waals surface area contributed by atoms with Gasteiger partial charge < -0.3 is 9.64 Å². The fourth-order valence-corrected chi connectivity index (χ4v) is 2.36. The summed E-state index contributed by atoms with van der Waals surface area (Å²) >= 11 is 0. The van der Waals surface area contributed by atoms with E-state index in [2.05, 4.69) is 10.9 Å². The molecule has 1 aromatic rings. The number of benzene rings is 1. The molecular formula is C16H21N3O4. The molecule has 1 aromatic carbocycles. The van der Waals surface area contributed by atoms with Gasteiger partial charge in [-0.2, -0.15) is 0 Å². The van der Waals surface area contributed by atoms with Crippen molar-refractivity contribution in [1.29, 1.82) is 0 Å². The number of rotatable bonds is 4. The lowest BCUT2D eigenvalue weighted by Gasteiger charge is -2.19. The summed E-state index contributed by atoms with van der Waals surface area (Å²) < 4.78 is 5.01. The topological polar surface area (TPSA) is 87.7 Å². The Kier molecular flexibility index (Phi) is 5.96. The fourth-order valence-electron chi connectivity index (χ4n) is 2.36. The normalized spacial score (nSPS) is 14.8. The summed E-state index contributed by atoms with van der Waals surface area (Å²) in [6.45, 7) is 0.542. The zero-order chi connectivity index (χ0) is 16.7. The van der Waals surface area contributed by atoms with E-state index >= 15 is 0 Å². The number of carbonyl (C=O) groups is 3. The minimum Gasteiger partial charge on any atom is -0.497 e. The molecular weight excluding hydrogens is 298 g/mol. The Labute approximate surface area is 135 Å². The predicted molar refractivity (Wildman–Crippen MR) is 83.7 cm³/mol. The van der Waals surface area contributed by atoms with Crippen molar-refractivity contribution in [2.75, 3.05) is 20.2 Å². The van der Waals surface area contributed by atoms with Gasteiger partial charge in [-0.15, -0.1) is 0 Å². The van der Waals surface area contributed by atoms with Crippen molar-refractivity contribution in [1.82, 2.24) is 15.8 Å². The van der Waals surface area contributed by atoms with Gasteiger partial charge in [-0.05, 0) is 37.1 Å². The molecule has 0 unspecified atom stereocenters. The van der Waals surface area contributed by atoms with Crippen LogP contribution in [0.5, 0.6) is 5.75 Å². The summed E-state index contributed by atoms with van der Waals surface area (Å²) in [4.78, 5) is 37.1. The van der Waals surface area contributed by atoms with Gasteiger partial charge in [0.2, 0.25) is 5.91 Å². The number of ether oxygens (including phenoxy) is 1. The molecule has 1 heterocycles. The van der Waals surface area contributed by atoms with Crippen molar-refractivity contribution in [2.24, 2.45) is 0 Å². The van der Waals surface area contributed by atoms with Gasteiger partial charge in [0.05, 0.1) is 7.11 Å². The Bertz CT molecular complexity index is 571. The largest absolute Gasteiger partial charge is 0.497 e. The molecule has 2 N–H and O–H groups in total. The lowest BCUT2D eigenvalue weighted by Crippen LogP contribution is -2.47. The summed E-state index contributed by atoms with van der Waals surface area (Å²) in [6, 6.07) is 6.51. The Morgan fingerprint density at radius 3 is 2.57 bits per heavy atom. The first-order valence-electron chi connectivity index (χ1n) is 7.61. The van der Waals surface area contributed by atoms with Gasteiger partial charge in [0.15, 0.2) is 0 Å². The lowest BCUT2D eigenvalue weighted by molar-refractivity contribution is -0.135. The minimum absolute atomic E-state index is 0.0147. The van der Waals surface area contributed by atoms with Crippen LogP contribution >= 0.6 is 0 Å². The van der Waals surface area contributed by atoms with Crippen LogP contribution in [-0.4, -0.2) is 42.8 Å². The second kappa shape index (κ2) is 8.17. The van der Waals surface area contributed by atoms with E-state index in [1.54, 1.807) is 31.4 Å². The maximum atomic E-state index is 11.9. The van der Waals surface area contributed by atoms with E-state index in [0.29, 0.717) is 24.3 Å². The van der Waals surface area contributed by atoms with Gasteiger partial charge >= 0.3 is 0 Å². The van der Waals surface area contributed by atoms with Crippen LogP contribution < -0.4 is 15.6 Å². The first-order chi connectivity index (χ1) is 11.1. The van der Waals surface area contributed by atoms with E-state index in [9.17, 15) is 14.4 Å². The van der Waals surface area contributed by atoms with Gasteiger partial charge in [0.25, 0.3) is 11.8 Å². The van der Waals surface area contributed by atoms with Crippen LogP contribution in [0.2, 0.25) is 0 Å². The molecule has 0 atom stereocenters. The molecule has 0 spiro atoms. The quantitative estimate of drug-likeness (QED) is 0.806. The van der Waals surface area contributed by atoms with Crippen LogP contribution in [0.1, 0.15) is 36.0 Å². The third kappa shape index (κ3) is 4.98. The third-order valence-electron chi connectivity index (χ3n) is 3.67. The highest BCUT2D eigenvalue weighted by atomic mass is 16.5. The highest BCUT2D eigenvalue weighted by Crippen LogP contribution is 2.11. The molecule has 1 saturated heterocycles. The van der Waals surface area contributed by atoms with Crippen LogP contribution in [-0.2, 0) is 9.59 Å². The van der Waals surface area contributed by atoms with Gasteiger partial charge in [-0.25, -0.2) is 0 Å². The van der Waals surface area contributed by atoms with Crippen molar-refractivity contribution >= 4 is 17.7 Å². The van der Waals surface area contributed by atoms with E-state index in [0.717, 1.165) is 19.3 Å². The molecule has 2 rings (SSSR count). The minimum atomic E-state index is -0.428. The van der Waals surface area contributed by atoms with Crippen molar-refractivity contribution in [3.63, 3.8) is 0 Å². The number of nitrogens with zero attached hydrogens (tertiary/aromatic N) is 1. The van der Waals surface area contributed by atoms with Crippen molar-refractivity contribution in [2.45, 2.75) is 25.7 Å². The number of hydrogen-bond donors (Lipinski definition) is 2. The predicted octanol–water partition coefficient (Wildman–Crippen LogP) is 0.859. The summed E-state index contributed by atoms with van der Waals surface area (Å²) in [6.07, 6.45) is 3.24. The van der Waals surface area contributed by atoms with Gasteiger partial charge in [-0.1, -0.05) is 6.42 Å². The van der Waals surface area contributed by atoms with Crippen LogP contribution in [0.15, 0.2) is 24.3 Å². The molecule has 3 amide bonds. The third-order valence-corrected chi connectivity index (χ3v) is 3.67. The smallest absolute Gasteiger partial charge is 0.269 e. The van der Waals surface area contributed by atoms with E-state index in [4.69, 9.17) is 4.74 Å². The summed E-state index contributed by atoms with van der Waals surface area (Å²) in [5, 5.41) is 0. The molecule has 0 aliphatic carbocycles. The summed E-state index contributed by atoms with van der Waals surface area (Å²) in [5.41, 5.74) is 5.07. The van der Waals surface area contributed by atoms with E-state index < -0.39 is 11.8 Å². The first-order valence-corrected chi connectivity index (χ1v) is 7.61. The van der Waals surface area contributed by atoms with E-state index in [1.165, 1.54) is 4.90 Å². The highest BCUT2D eigenvalue weighted by Gasteiger charge is 2.19. The van der Waals surface area contributed by atoms with Crippen molar-refractivity contribution in [3.8, 4) is 5.75 Å². The van der Waals surface area contributed by atoms with E-state index in [1.807, 2.05) is 0 Å². The number of carbonyl (C=O) groups excluding carboxylic acids is 3. The number of amides is 3. The molecule has 7 heteroatoms. The Morgan fingerprint density at radius 2 is 1.87 bits per heavy atom. The maximum Gasteiger partial charge on any atom is 0.269 e. The number of hydrogen-bond acceptors (Lipinski definition) is 4. The summed E-state index contributed by atoms with van der Waals surface area (Å²) in [5.74, 6) is -0.213. The zero-order valence-electron chi connectivity index (χ0n) is 13.1. The molecule has 0 radical (unpaired) electrons. The van der Waals surface area contributed by atoms with Crippen LogP contribution in [0, 0.1) is 0 Å². The second-order valence-corrected chi connectivity index (χ2v) is 5.36. The fraction of sp³-hybridized carbons (Fsp3) is 0.438. The molecule has 124 valence electrons. The van der Waals surface area contributed by atoms with Crippen molar-refractivity contribution in [3.05, 3.63) is 29.8 Å². The standard InChI is InChI=1S/C16H21N3O4/c1-23-13-8-6-12(7-9-13)16(22)18-17-14(20)11-19-10-4-2-3-5-15(19)21/h6-9H,2-5,10-11H2,1H3,(H,17,20)(H,18,22). The number of likely N-dealkylation sites (tertiary alicyclic amines) is 1. The molecule has 1 fully saturated rings. The second-order valence-electron chi connectivity index (χ2n) is 5.36. The van der Waals surface area contributed by atoms with Gasteiger partial charge in [-0.3, -0.25) is 25.2 Å². The van der Waals surface area contributed by atoms with Crippen LogP contribution in [0.4, 0.5) is 0 Å². The first kappa shape index (κ1) is 16.8. The van der Waals surface area contributed by atoms with Gasteiger partial charge in [0, 0.05) is 18.5 Å². The average Bonchev–Trinajstić information content (AvgIpc) is 2.77. The molecule has 7 nitrogen and oxygen atoms in total. The average molecular weight is 319 g/mol. The molecule has 23 heavy (non-hydrogen) atoms. The van der Waals surface area contributed by atoms with Crippen molar-refractivity contribution < 1.29 is 19.1 Å². The SMILES string of the molecule is COc1ccc(C(=O)NNC(=O)CN2CCCCCC2=O)cc1. The Morgan fingerprint density at radius 1 is 1.13 bits per heavy atom. The summed E-state index contributed by atoms with van der Waals surface area (Å²) in [7, 11) is 1.54. The van der Waals surface area contributed by atoms with E-state index in [-0.39, 0.29) is 12.5 Å². The Balaban J connectivity index is 1.80. The highest BCUT2D eigenvalue weighted by molar-refractivity contribution is 5.95. The maximum absolute atomic E-state index is 11.9. The molecule has 1 aliphatic heterocycles. The lowest BCUT2D eigenvalue weighted by atomic mass is 10.2. The number of nitrogens with one attached hydrogen (secondary N) is 2. The molecule has 1 aliphatic rings.